The van der Waals surface area contributed by atoms with Crippen molar-refractivity contribution in [3.05, 3.63) is 87.5 Å². The molecule has 2 aromatic heterocycles. The number of tetrazole rings is 1. The van der Waals surface area contributed by atoms with Gasteiger partial charge in [0.2, 0.25) is 0 Å². The van der Waals surface area contributed by atoms with Gasteiger partial charge in [0.15, 0.2) is 5.82 Å². The third-order valence-corrected chi connectivity index (χ3v) is 7.07. The van der Waals surface area contributed by atoms with Crippen LogP contribution in [0.15, 0.2) is 59.4 Å². The van der Waals surface area contributed by atoms with Gasteiger partial charge in [-0.1, -0.05) is 49.4 Å². The molecule has 3 heterocycles. The maximum atomic E-state index is 13.1. The standard InChI is InChI=1S/C28H34N6O2/c1-3-26(27-30-31-32-34(27)19-24-10-7-15-36-24)33(14-13-21-8-5-4-6-9-21)18-23-17-22-12-11-20(2)16-25(22)29-28(23)35/h4-6,8-9,11-12,16-17,24,26H,3,7,10,13-15,18-19H2,1-2H3,(H,29,35). The minimum absolute atomic E-state index is 0.0294. The van der Waals surface area contributed by atoms with Crippen molar-refractivity contribution in [3.8, 4) is 0 Å². The molecular weight excluding hydrogens is 452 g/mol. The van der Waals surface area contributed by atoms with Crippen molar-refractivity contribution < 1.29 is 4.74 Å². The van der Waals surface area contributed by atoms with Gasteiger partial charge in [-0.05, 0) is 71.7 Å². The molecule has 4 aromatic rings. The number of aryl methyl sites for hydroxylation is 1. The van der Waals surface area contributed by atoms with Crippen molar-refractivity contribution in [1.29, 1.82) is 0 Å². The topological polar surface area (TPSA) is 88.9 Å². The van der Waals surface area contributed by atoms with E-state index in [4.69, 9.17) is 4.74 Å². The average molecular weight is 487 g/mol. The first-order chi connectivity index (χ1) is 17.6. The number of aromatic nitrogens is 5. The van der Waals surface area contributed by atoms with Crippen LogP contribution in [0.4, 0.5) is 0 Å². The van der Waals surface area contributed by atoms with Crippen LogP contribution in [0.3, 0.4) is 0 Å². The summed E-state index contributed by atoms with van der Waals surface area (Å²) in [5, 5.41) is 13.8. The number of hydrogen-bond acceptors (Lipinski definition) is 6. The van der Waals surface area contributed by atoms with Crippen LogP contribution < -0.4 is 5.56 Å². The van der Waals surface area contributed by atoms with E-state index >= 15 is 0 Å². The SMILES string of the molecule is CCC(c1nnnn1CC1CCCO1)N(CCc1ccccc1)Cc1cc2ccc(C)cc2[nH]c1=O. The van der Waals surface area contributed by atoms with Gasteiger partial charge in [-0.15, -0.1) is 5.10 Å². The molecule has 0 amide bonds. The summed E-state index contributed by atoms with van der Waals surface area (Å²) >= 11 is 0. The highest BCUT2D eigenvalue weighted by atomic mass is 16.5. The monoisotopic (exact) mass is 486 g/mol. The Morgan fingerprint density at radius 2 is 2.06 bits per heavy atom. The van der Waals surface area contributed by atoms with Gasteiger partial charge in [0, 0.05) is 30.8 Å². The number of H-pyrrole nitrogens is 1. The number of benzene rings is 2. The molecule has 2 atom stereocenters. The van der Waals surface area contributed by atoms with Gasteiger partial charge in [0.05, 0.1) is 18.7 Å². The maximum absolute atomic E-state index is 13.1. The first-order valence-corrected chi connectivity index (χ1v) is 12.9. The molecule has 5 rings (SSSR count). The number of nitrogens with zero attached hydrogens (tertiary/aromatic N) is 5. The van der Waals surface area contributed by atoms with Crippen LogP contribution in [0.25, 0.3) is 10.9 Å². The number of fused-ring (bicyclic) bond motifs is 1. The van der Waals surface area contributed by atoms with Gasteiger partial charge in [-0.2, -0.15) is 0 Å². The zero-order valence-corrected chi connectivity index (χ0v) is 21.1. The quantitative estimate of drug-likeness (QED) is 0.361. The molecule has 8 nitrogen and oxygen atoms in total. The molecule has 1 fully saturated rings. The van der Waals surface area contributed by atoms with E-state index in [1.165, 1.54) is 5.56 Å². The molecule has 36 heavy (non-hydrogen) atoms. The average Bonchev–Trinajstić information content (AvgIpc) is 3.57. The van der Waals surface area contributed by atoms with E-state index in [0.29, 0.717) is 13.1 Å². The molecule has 0 aliphatic carbocycles. The van der Waals surface area contributed by atoms with Gasteiger partial charge in [-0.25, -0.2) is 4.68 Å². The zero-order valence-electron chi connectivity index (χ0n) is 21.1. The molecule has 0 spiro atoms. The predicted molar refractivity (Wildman–Crippen MR) is 140 cm³/mol. The fourth-order valence-corrected chi connectivity index (χ4v) is 5.12. The van der Waals surface area contributed by atoms with E-state index in [9.17, 15) is 4.79 Å². The van der Waals surface area contributed by atoms with Crippen LogP contribution in [-0.2, 0) is 24.2 Å². The van der Waals surface area contributed by atoms with E-state index in [0.717, 1.165) is 66.7 Å². The summed E-state index contributed by atoms with van der Waals surface area (Å²) in [6, 6.07) is 18.6. The van der Waals surface area contributed by atoms with Crippen LogP contribution >= 0.6 is 0 Å². The second-order valence-corrected chi connectivity index (χ2v) is 9.70. The molecule has 0 radical (unpaired) electrons. The van der Waals surface area contributed by atoms with Gasteiger partial charge < -0.3 is 9.72 Å². The molecule has 2 unspecified atom stereocenters. The predicted octanol–water partition coefficient (Wildman–Crippen LogP) is 4.20. The van der Waals surface area contributed by atoms with Crippen molar-refractivity contribution >= 4 is 10.9 Å². The van der Waals surface area contributed by atoms with E-state index in [2.05, 4.69) is 68.7 Å². The molecule has 1 aliphatic heterocycles. The second-order valence-electron chi connectivity index (χ2n) is 9.70. The largest absolute Gasteiger partial charge is 0.376 e. The Kier molecular flexibility index (Phi) is 7.53. The highest BCUT2D eigenvalue weighted by Gasteiger charge is 2.27. The normalized spacial score (nSPS) is 16.7. The van der Waals surface area contributed by atoms with Crippen molar-refractivity contribution in [2.45, 2.75) is 64.8 Å². The first kappa shape index (κ1) is 24.3. The van der Waals surface area contributed by atoms with Crippen molar-refractivity contribution in [1.82, 2.24) is 30.1 Å². The lowest BCUT2D eigenvalue weighted by atomic mass is 10.1. The number of aromatic amines is 1. The van der Waals surface area contributed by atoms with E-state index in [1.54, 1.807) is 0 Å². The lowest BCUT2D eigenvalue weighted by molar-refractivity contribution is 0.0893. The fraction of sp³-hybridized carbons (Fsp3) is 0.429. The van der Waals surface area contributed by atoms with Crippen molar-refractivity contribution in [2.75, 3.05) is 13.2 Å². The van der Waals surface area contributed by atoms with Crippen LogP contribution in [-0.4, -0.2) is 49.3 Å². The fourth-order valence-electron chi connectivity index (χ4n) is 5.12. The molecular formula is C28H34N6O2. The lowest BCUT2D eigenvalue weighted by Crippen LogP contribution is -2.34. The minimum atomic E-state index is -0.0494. The van der Waals surface area contributed by atoms with Crippen LogP contribution in [0, 0.1) is 6.92 Å². The lowest BCUT2D eigenvalue weighted by Gasteiger charge is -2.30. The Hall–Kier alpha value is -3.36. The number of rotatable bonds is 10. The Morgan fingerprint density at radius 3 is 2.83 bits per heavy atom. The van der Waals surface area contributed by atoms with Crippen LogP contribution in [0.2, 0.25) is 0 Å². The number of hydrogen-bond donors (Lipinski definition) is 1. The third-order valence-electron chi connectivity index (χ3n) is 7.07. The summed E-state index contributed by atoms with van der Waals surface area (Å²) in [5.41, 5.74) is 3.95. The number of pyridine rings is 1. The van der Waals surface area contributed by atoms with Gasteiger partial charge in [0.25, 0.3) is 5.56 Å². The molecule has 0 bridgehead atoms. The van der Waals surface area contributed by atoms with E-state index in [-0.39, 0.29) is 17.7 Å². The Morgan fingerprint density at radius 1 is 1.19 bits per heavy atom. The summed E-state index contributed by atoms with van der Waals surface area (Å²) in [6.07, 6.45) is 3.95. The first-order valence-electron chi connectivity index (χ1n) is 12.9. The Bertz CT molecular complexity index is 1340. The van der Waals surface area contributed by atoms with E-state index in [1.807, 2.05) is 29.8 Å². The minimum Gasteiger partial charge on any atom is -0.376 e. The second kappa shape index (κ2) is 11.1. The molecule has 2 aromatic carbocycles. The molecule has 1 saturated heterocycles. The molecule has 8 heteroatoms. The van der Waals surface area contributed by atoms with Gasteiger partial charge in [-0.3, -0.25) is 9.69 Å². The van der Waals surface area contributed by atoms with Crippen molar-refractivity contribution in [3.63, 3.8) is 0 Å². The van der Waals surface area contributed by atoms with Crippen LogP contribution in [0.1, 0.15) is 54.7 Å². The molecule has 188 valence electrons. The van der Waals surface area contributed by atoms with E-state index < -0.39 is 0 Å². The highest BCUT2D eigenvalue weighted by Crippen LogP contribution is 2.26. The summed E-state index contributed by atoms with van der Waals surface area (Å²) in [6.45, 7) is 6.92. The number of ether oxygens (including phenoxy) is 1. The Balaban J connectivity index is 1.45. The smallest absolute Gasteiger partial charge is 0.252 e. The molecule has 1 aliphatic rings. The van der Waals surface area contributed by atoms with Gasteiger partial charge in [0.1, 0.15) is 0 Å². The van der Waals surface area contributed by atoms with Crippen LogP contribution in [0.5, 0.6) is 0 Å². The maximum Gasteiger partial charge on any atom is 0.252 e. The zero-order chi connectivity index (χ0) is 24.9. The Labute approximate surface area is 211 Å². The van der Waals surface area contributed by atoms with Crippen molar-refractivity contribution in [2.24, 2.45) is 0 Å². The number of nitrogens with one attached hydrogen (secondary N) is 1. The third kappa shape index (κ3) is 5.55. The summed E-state index contributed by atoms with van der Waals surface area (Å²) < 4.78 is 7.74. The van der Waals surface area contributed by atoms with Gasteiger partial charge >= 0.3 is 0 Å². The summed E-state index contributed by atoms with van der Waals surface area (Å²) in [7, 11) is 0. The molecule has 1 N–H and O–H groups in total. The summed E-state index contributed by atoms with van der Waals surface area (Å²) in [4.78, 5) is 18.5. The summed E-state index contributed by atoms with van der Waals surface area (Å²) in [5.74, 6) is 0.828. The highest BCUT2D eigenvalue weighted by molar-refractivity contribution is 5.79. The molecule has 0 saturated carbocycles.